The fourth-order valence-electron chi connectivity index (χ4n) is 11.1. The summed E-state index contributed by atoms with van der Waals surface area (Å²) >= 11 is 0. The molecule has 0 saturated carbocycles. The number of anilines is 3. The van der Waals surface area contributed by atoms with Crippen LogP contribution in [0.25, 0.3) is 110 Å². The minimum absolute atomic E-state index is 0.131. The molecule has 3 aromatic heterocycles. The maximum atomic E-state index is 7.23. The zero-order chi connectivity index (χ0) is 44.4. The first kappa shape index (κ1) is 37.7. The third kappa shape index (κ3) is 5.60. The van der Waals surface area contributed by atoms with E-state index in [0.29, 0.717) is 0 Å². The number of fused-ring (bicyclic) bond motifs is 12. The van der Waals surface area contributed by atoms with Gasteiger partial charge in [-0.3, -0.25) is 0 Å². The lowest BCUT2D eigenvalue weighted by atomic mass is 9.82. The summed E-state index contributed by atoms with van der Waals surface area (Å²) in [5.41, 5.74) is 19.8. The molecule has 0 spiro atoms. The number of nitrogens with zero attached hydrogens (tertiary/aromatic N) is 1. The molecular formula is C63H41NO3. The van der Waals surface area contributed by atoms with Gasteiger partial charge in [-0.1, -0.05) is 172 Å². The number of hydrogen-bond donors (Lipinski definition) is 0. The SMILES string of the molecule is CC1(C)c2ccccc2-c2ccc(N(c3ccc(-c4ccccc4)cc3)c3ccc(-c4cccc5c4oc4c(-c6cccc7c6oc6ccccc67)c6c(cc45)oc4ccccc46)cc3)cc21. The highest BCUT2D eigenvalue weighted by Gasteiger charge is 2.36. The largest absolute Gasteiger partial charge is 0.456 e. The van der Waals surface area contributed by atoms with E-state index in [9.17, 15) is 0 Å². The standard InChI is InChI=1S/C63H41NO3/c1-63(2)53-23-9-6-16-45(53)46-35-34-43(36-54(46)63)64(41-30-26-39(27-31-41)38-14-4-3-5-15-38)42-32-28-40(29-33-42)44-19-12-21-49-52-37-57-58(50-18-8-11-25-56(50)65-57)59(62(52)67-60(44)49)51-22-13-20-48-47-17-7-10-24-55(47)66-61(48)51/h3-37H,1-2H3. The summed E-state index contributed by atoms with van der Waals surface area (Å²) in [5, 5.41) is 6.22. The van der Waals surface area contributed by atoms with Gasteiger partial charge >= 0.3 is 0 Å². The first-order valence-electron chi connectivity index (χ1n) is 23.0. The zero-order valence-corrected chi connectivity index (χ0v) is 36.9. The van der Waals surface area contributed by atoms with Crippen LogP contribution >= 0.6 is 0 Å². The van der Waals surface area contributed by atoms with E-state index >= 15 is 0 Å². The smallest absolute Gasteiger partial charge is 0.144 e. The molecule has 0 N–H and O–H groups in total. The molecule has 4 heteroatoms. The number of para-hydroxylation sites is 4. The molecule has 67 heavy (non-hydrogen) atoms. The summed E-state index contributed by atoms with van der Waals surface area (Å²) in [6, 6.07) is 75.8. The fourth-order valence-corrected chi connectivity index (χ4v) is 11.1. The predicted octanol–water partition coefficient (Wildman–Crippen LogP) is 18.2. The van der Waals surface area contributed by atoms with E-state index in [0.717, 1.165) is 105 Å². The summed E-state index contributed by atoms with van der Waals surface area (Å²) in [4.78, 5) is 2.38. The van der Waals surface area contributed by atoms with Crippen LogP contribution in [-0.4, -0.2) is 0 Å². The van der Waals surface area contributed by atoms with Crippen LogP contribution < -0.4 is 4.90 Å². The van der Waals surface area contributed by atoms with Crippen LogP contribution in [-0.2, 0) is 5.41 Å². The van der Waals surface area contributed by atoms with Crippen molar-refractivity contribution in [1.82, 2.24) is 0 Å². The molecule has 0 fully saturated rings. The normalized spacial score (nSPS) is 13.0. The van der Waals surface area contributed by atoms with Crippen molar-refractivity contribution >= 4 is 82.9 Å². The Hall–Kier alpha value is -8.60. The molecule has 10 aromatic carbocycles. The van der Waals surface area contributed by atoms with Crippen LogP contribution in [0.4, 0.5) is 17.1 Å². The van der Waals surface area contributed by atoms with Gasteiger partial charge in [-0.15, -0.1) is 0 Å². The summed E-state index contributed by atoms with van der Waals surface area (Å²) in [6.45, 7) is 4.69. The average molecular weight is 860 g/mol. The number of benzene rings is 10. The van der Waals surface area contributed by atoms with Crippen LogP contribution in [0, 0.1) is 0 Å². The van der Waals surface area contributed by atoms with E-state index in [2.05, 4.69) is 207 Å². The highest BCUT2D eigenvalue weighted by atomic mass is 16.3. The summed E-state index contributed by atoms with van der Waals surface area (Å²) in [7, 11) is 0. The number of hydrogen-bond acceptors (Lipinski definition) is 4. The zero-order valence-electron chi connectivity index (χ0n) is 36.9. The Bertz CT molecular complexity index is 4110. The summed E-state index contributed by atoms with van der Waals surface area (Å²) < 4.78 is 20.6. The van der Waals surface area contributed by atoms with Crippen molar-refractivity contribution in [2.75, 3.05) is 4.90 Å². The second-order valence-electron chi connectivity index (χ2n) is 18.4. The highest BCUT2D eigenvalue weighted by molar-refractivity contribution is 6.26. The van der Waals surface area contributed by atoms with Crippen LogP contribution in [0.15, 0.2) is 226 Å². The molecule has 1 aliphatic rings. The molecule has 0 amide bonds. The third-order valence-electron chi connectivity index (χ3n) is 14.3. The van der Waals surface area contributed by atoms with Gasteiger partial charge in [0, 0.05) is 71.5 Å². The van der Waals surface area contributed by atoms with Gasteiger partial charge in [-0.2, -0.15) is 0 Å². The van der Waals surface area contributed by atoms with E-state index < -0.39 is 0 Å². The minimum atomic E-state index is -0.131. The lowest BCUT2D eigenvalue weighted by Crippen LogP contribution is -2.16. The first-order chi connectivity index (χ1) is 33.0. The second-order valence-corrected chi connectivity index (χ2v) is 18.4. The Morgan fingerprint density at radius 2 is 0.881 bits per heavy atom. The molecule has 0 bridgehead atoms. The van der Waals surface area contributed by atoms with Crippen LogP contribution in [0.5, 0.6) is 0 Å². The Labute approximate surface area is 386 Å². The Balaban J connectivity index is 0.932. The Kier molecular flexibility index (Phi) is 8.00. The van der Waals surface area contributed by atoms with Gasteiger partial charge in [0.1, 0.15) is 33.5 Å². The maximum absolute atomic E-state index is 7.23. The van der Waals surface area contributed by atoms with Crippen LogP contribution in [0.3, 0.4) is 0 Å². The topological polar surface area (TPSA) is 42.7 Å². The van der Waals surface area contributed by atoms with Crippen molar-refractivity contribution in [3.05, 3.63) is 223 Å². The van der Waals surface area contributed by atoms with Gasteiger partial charge in [-0.25, -0.2) is 0 Å². The van der Waals surface area contributed by atoms with Gasteiger partial charge in [0.15, 0.2) is 0 Å². The average Bonchev–Trinajstić information content (AvgIpc) is 4.12. The molecule has 316 valence electrons. The lowest BCUT2D eigenvalue weighted by molar-refractivity contribution is 0.660. The van der Waals surface area contributed by atoms with Crippen LogP contribution in [0.1, 0.15) is 25.0 Å². The summed E-state index contributed by atoms with van der Waals surface area (Å²) in [5.74, 6) is 0. The van der Waals surface area contributed by atoms with Gasteiger partial charge in [0.05, 0.1) is 0 Å². The fraction of sp³-hybridized carbons (Fsp3) is 0.0476. The molecule has 13 aromatic rings. The number of furan rings is 3. The quantitative estimate of drug-likeness (QED) is 0.167. The Morgan fingerprint density at radius 3 is 1.66 bits per heavy atom. The monoisotopic (exact) mass is 859 g/mol. The van der Waals surface area contributed by atoms with E-state index in [1.807, 2.05) is 24.3 Å². The van der Waals surface area contributed by atoms with E-state index in [-0.39, 0.29) is 5.41 Å². The molecule has 0 atom stereocenters. The van der Waals surface area contributed by atoms with Crippen molar-refractivity contribution in [3.63, 3.8) is 0 Å². The van der Waals surface area contributed by atoms with Crippen molar-refractivity contribution in [2.45, 2.75) is 19.3 Å². The predicted molar refractivity (Wildman–Crippen MR) is 277 cm³/mol. The molecule has 14 rings (SSSR count). The van der Waals surface area contributed by atoms with Gasteiger partial charge in [0.2, 0.25) is 0 Å². The van der Waals surface area contributed by atoms with Gasteiger partial charge in [-0.05, 0) is 93.5 Å². The second kappa shape index (κ2) is 14.2. The van der Waals surface area contributed by atoms with Crippen LogP contribution in [0.2, 0.25) is 0 Å². The van der Waals surface area contributed by atoms with Crippen molar-refractivity contribution in [3.8, 4) is 44.5 Å². The molecule has 0 aliphatic heterocycles. The molecular weight excluding hydrogens is 819 g/mol. The van der Waals surface area contributed by atoms with Gasteiger partial charge in [0.25, 0.3) is 0 Å². The van der Waals surface area contributed by atoms with Crippen molar-refractivity contribution in [1.29, 1.82) is 0 Å². The molecule has 0 saturated heterocycles. The maximum Gasteiger partial charge on any atom is 0.144 e. The Morgan fingerprint density at radius 1 is 0.328 bits per heavy atom. The molecule has 0 radical (unpaired) electrons. The third-order valence-corrected chi connectivity index (χ3v) is 14.3. The molecule has 3 heterocycles. The van der Waals surface area contributed by atoms with E-state index in [1.165, 1.54) is 33.4 Å². The lowest BCUT2D eigenvalue weighted by Gasteiger charge is -2.28. The minimum Gasteiger partial charge on any atom is -0.456 e. The first-order valence-corrected chi connectivity index (χ1v) is 23.0. The van der Waals surface area contributed by atoms with E-state index in [4.69, 9.17) is 13.3 Å². The summed E-state index contributed by atoms with van der Waals surface area (Å²) in [6.07, 6.45) is 0. The molecule has 0 unspecified atom stereocenters. The molecule has 4 nitrogen and oxygen atoms in total. The van der Waals surface area contributed by atoms with E-state index in [1.54, 1.807) is 0 Å². The number of rotatable bonds is 6. The van der Waals surface area contributed by atoms with Crippen molar-refractivity contribution in [2.24, 2.45) is 0 Å². The van der Waals surface area contributed by atoms with Gasteiger partial charge < -0.3 is 18.2 Å². The highest BCUT2D eigenvalue weighted by Crippen LogP contribution is 2.52. The van der Waals surface area contributed by atoms with Crippen molar-refractivity contribution < 1.29 is 13.3 Å². The molecule has 1 aliphatic carbocycles.